The summed E-state index contributed by atoms with van der Waals surface area (Å²) in [5.41, 5.74) is 7.04. The molecule has 0 aromatic carbocycles. The summed E-state index contributed by atoms with van der Waals surface area (Å²) in [6.07, 6.45) is 3.18. The number of aromatic nitrogens is 2. The van der Waals surface area contributed by atoms with E-state index in [-0.39, 0.29) is 11.3 Å². The van der Waals surface area contributed by atoms with Crippen molar-refractivity contribution in [2.24, 2.45) is 11.3 Å². The topological polar surface area (TPSA) is 80.9 Å². The molecule has 2 aromatic heterocycles. The molecule has 5 nitrogen and oxygen atoms in total. The fourth-order valence-corrected chi connectivity index (χ4v) is 2.54. The maximum absolute atomic E-state index is 12.3. The molecule has 0 spiro atoms. The molecule has 108 valence electrons. The van der Waals surface area contributed by atoms with Crippen LogP contribution in [0.1, 0.15) is 37.4 Å². The minimum atomic E-state index is -0.152. The molecule has 3 N–H and O–H groups in total. The van der Waals surface area contributed by atoms with E-state index in [1.54, 1.807) is 12.4 Å². The molecule has 0 atom stereocenters. The molecule has 0 saturated carbocycles. The van der Waals surface area contributed by atoms with Crippen LogP contribution >= 0.6 is 11.3 Å². The minimum Gasteiger partial charge on any atom is -0.396 e. The van der Waals surface area contributed by atoms with E-state index in [4.69, 9.17) is 5.73 Å². The number of rotatable bonds is 4. The largest absolute Gasteiger partial charge is 0.396 e. The van der Waals surface area contributed by atoms with Gasteiger partial charge in [-0.15, -0.1) is 11.3 Å². The zero-order chi connectivity index (χ0) is 14.9. The number of anilines is 1. The van der Waals surface area contributed by atoms with Gasteiger partial charge in [-0.1, -0.05) is 27.7 Å². The Balaban J connectivity index is 2.18. The minimum absolute atomic E-state index is 0.0393. The molecule has 1 amide bonds. The second-order valence-electron chi connectivity index (χ2n) is 5.88. The quantitative estimate of drug-likeness (QED) is 0.908. The molecule has 0 fully saturated rings. The Kier molecular flexibility index (Phi) is 3.94. The van der Waals surface area contributed by atoms with E-state index in [9.17, 15) is 4.79 Å². The van der Waals surface area contributed by atoms with Gasteiger partial charge < -0.3 is 11.1 Å². The van der Waals surface area contributed by atoms with Crippen molar-refractivity contribution in [1.29, 1.82) is 0 Å². The highest BCUT2D eigenvalue weighted by molar-refractivity contribution is 7.21. The first kappa shape index (κ1) is 14.7. The third-order valence-electron chi connectivity index (χ3n) is 3.84. The van der Waals surface area contributed by atoms with Gasteiger partial charge >= 0.3 is 0 Å². The predicted octanol–water partition coefficient (Wildman–Crippen LogP) is 2.69. The van der Waals surface area contributed by atoms with Gasteiger partial charge in [0.15, 0.2) is 0 Å². The molecule has 20 heavy (non-hydrogen) atoms. The molecule has 2 rings (SSSR count). The standard InChI is InChI=1S/C14H20N4OS/c1-8(2)14(3,4)7-18-12(19)11-9(15)10-13(20-11)17-6-5-16-10/h5-6,8H,7,15H2,1-4H3,(H,18,19). The number of nitrogens with two attached hydrogens (primary N) is 1. The SMILES string of the molecule is CC(C)C(C)(C)CNC(=O)c1sc2nccnc2c1N. The maximum atomic E-state index is 12.3. The number of nitrogens with one attached hydrogen (secondary N) is 1. The first-order chi connectivity index (χ1) is 9.33. The number of carbonyl (C=O) groups excluding carboxylic acids is 1. The lowest BCUT2D eigenvalue weighted by molar-refractivity contribution is 0.0929. The summed E-state index contributed by atoms with van der Waals surface area (Å²) in [5.74, 6) is 0.326. The Bertz CT molecular complexity index is 633. The second-order valence-corrected chi connectivity index (χ2v) is 6.88. The predicted molar refractivity (Wildman–Crippen MR) is 82.8 cm³/mol. The van der Waals surface area contributed by atoms with Gasteiger partial charge in [0.2, 0.25) is 0 Å². The summed E-state index contributed by atoms with van der Waals surface area (Å²) in [5, 5.41) is 2.96. The smallest absolute Gasteiger partial charge is 0.263 e. The van der Waals surface area contributed by atoms with Crippen LogP contribution < -0.4 is 11.1 Å². The fourth-order valence-electron chi connectivity index (χ4n) is 1.61. The summed E-state index contributed by atoms with van der Waals surface area (Å²) in [4.78, 5) is 21.8. The maximum Gasteiger partial charge on any atom is 0.263 e. The fraction of sp³-hybridized carbons (Fsp3) is 0.500. The summed E-state index contributed by atoms with van der Waals surface area (Å²) in [6, 6.07) is 0. The Morgan fingerprint density at radius 2 is 2.05 bits per heavy atom. The van der Waals surface area contributed by atoms with Gasteiger partial charge in [-0.2, -0.15) is 0 Å². The number of hydrogen-bond acceptors (Lipinski definition) is 5. The Morgan fingerprint density at radius 3 is 2.65 bits per heavy atom. The van der Waals surface area contributed by atoms with Crippen molar-refractivity contribution < 1.29 is 4.79 Å². The lowest BCUT2D eigenvalue weighted by Crippen LogP contribution is -2.36. The highest BCUT2D eigenvalue weighted by Gasteiger charge is 2.24. The number of nitrogen functional groups attached to an aromatic ring is 1. The van der Waals surface area contributed by atoms with Crippen molar-refractivity contribution in [2.45, 2.75) is 27.7 Å². The van der Waals surface area contributed by atoms with Crippen molar-refractivity contribution in [3.8, 4) is 0 Å². The van der Waals surface area contributed by atoms with Gasteiger partial charge in [0.25, 0.3) is 5.91 Å². The number of fused-ring (bicyclic) bond motifs is 1. The molecular formula is C14H20N4OS. The van der Waals surface area contributed by atoms with Gasteiger partial charge in [-0.3, -0.25) is 4.79 Å². The molecule has 0 aliphatic heterocycles. The van der Waals surface area contributed by atoms with Crippen molar-refractivity contribution in [1.82, 2.24) is 15.3 Å². The summed E-state index contributed by atoms with van der Waals surface area (Å²) < 4.78 is 0. The normalized spacial score (nSPS) is 12.1. The zero-order valence-corrected chi connectivity index (χ0v) is 13.0. The molecule has 0 saturated heterocycles. The van der Waals surface area contributed by atoms with E-state index in [1.165, 1.54) is 11.3 Å². The van der Waals surface area contributed by atoms with Crippen molar-refractivity contribution >= 4 is 33.3 Å². The molecule has 0 aliphatic carbocycles. The molecule has 2 heterocycles. The van der Waals surface area contributed by atoms with Crippen LogP contribution in [0.5, 0.6) is 0 Å². The molecule has 0 unspecified atom stereocenters. The van der Waals surface area contributed by atoms with E-state index in [1.807, 2.05) is 0 Å². The highest BCUT2D eigenvalue weighted by atomic mass is 32.1. The monoisotopic (exact) mass is 292 g/mol. The summed E-state index contributed by atoms with van der Waals surface area (Å²) >= 11 is 1.28. The Hall–Kier alpha value is -1.69. The summed E-state index contributed by atoms with van der Waals surface area (Å²) in [6.45, 7) is 9.17. The number of carbonyl (C=O) groups is 1. The molecule has 2 aromatic rings. The van der Waals surface area contributed by atoms with E-state index >= 15 is 0 Å². The summed E-state index contributed by atoms with van der Waals surface area (Å²) in [7, 11) is 0. The highest BCUT2D eigenvalue weighted by Crippen LogP contribution is 2.31. The van der Waals surface area contributed by atoms with Gasteiger partial charge in [0.1, 0.15) is 15.2 Å². The van der Waals surface area contributed by atoms with Crippen LogP contribution in [0.4, 0.5) is 5.69 Å². The number of amides is 1. The first-order valence-electron chi connectivity index (χ1n) is 6.60. The van der Waals surface area contributed by atoms with Crippen LogP contribution in [0.15, 0.2) is 12.4 Å². The zero-order valence-electron chi connectivity index (χ0n) is 12.2. The van der Waals surface area contributed by atoms with Crippen molar-refractivity contribution in [3.63, 3.8) is 0 Å². The average Bonchev–Trinajstić information content (AvgIpc) is 2.74. The van der Waals surface area contributed by atoms with Gasteiger partial charge in [0, 0.05) is 18.9 Å². The van der Waals surface area contributed by atoms with Gasteiger partial charge in [-0.25, -0.2) is 9.97 Å². The number of hydrogen-bond donors (Lipinski definition) is 2. The van der Waals surface area contributed by atoms with E-state index in [0.717, 1.165) is 0 Å². The Labute approximate surface area is 122 Å². The van der Waals surface area contributed by atoms with Crippen molar-refractivity contribution in [2.75, 3.05) is 12.3 Å². The third kappa shape index (κ3) is 2.75. The average molecular weight is 292 g/mol. The van der Waals surface area contributed by atoms with Crippen LogP contribution in [-0.4, -0.2) is 22.4 Å². The molecular weight excluding hydrogens is 272 g/mol. The molecule has 0 radical (unpaired) electrons. The third-order valence-corrected chi connectivity index (χ3v) is 4.94. The molecule has 6 heteroatoms. The lowest BCUT2D eigenvalue weighted by Gasteiger charge is -2.29. The second kappa shape index (κ2) is 5.36. The van der Waals surface area contributed by atoms with E-state index in [2.05, 4.69) is 43.0 Å². The van der Waals surface area contributed by atoms with Crippen molar-refractivity contribution in [3.05, 3.63) is 17.3 Å². The van der Waals surface area contributed by atoms with Gasteiger partial charge in [0.05, 0.1) is 5.69 Å². The van der Waals surface area contributed by atoms with Crippen LogP contribution in [0, 0.1) is 11.3 Å². The molecule has 0 bridgehead atoms. The van der Waals surface area contributed by atoms with Crippen LogP contribution in [0.25, 0.3) is 10.3 Å². The number of nitrogens with zero attached hydrogens (tertiary/aromatic N) is 2. The lowest BCUT2D eigenvalue weighted by atomic mass is 9.81. The van der Waals surface area contributed by atoms with E-state index in [0.29, 0.717) is 33.4 Å². The van der Waals surface area contributed by atoms with Gasteiger partial charge in [-0.05, 0) is 11.3 Å². The Morgan fingerprint density at radius 1 is 1.40 bits per heavy atom. The van der Waals surface area contributed by atoms with E-state index < -0.39 is 0 Å². The van der Waals surface area contributed by atoms with Crippen LogP contribution in [-0.2, 0) is 0 Å². The van der Waals surface area contributed by atoms with Crippen LogP contribution in [0.2, 0.25) is 0 Å². The number of thiophene rings is 1. The van der Waals surface area contributed by atoms with Crippen LogP contribution in [0.3, 0.4) is 0 Å². The first-order valence-corrected chi connectivity index (χ1v) is 7.41. The molecule has 0 aliphatic rings.